The van der Waals surface area contributed by atoms with Crippen LogP contribution in [0.5, 0.6) is 11.5 Å². The maximum Gasteiger partial charge on any atom is 0.387 e. The predicted molar refractivity (Wildman–Crippen MR) is 103 cm³/mol. The minimum atomic E-state index is -3.61. The van der Waals surface area contributed by atoms with E-state index in [1.54, 1.807) is 12.1 Å². The first kappa shape index (κ1) is 20.8. The Kier molecular flexibility index (Phi) is 6.21. The normalized spacial score (nSPS) is 13.3. The fraction of sp³-hybridized carbons (Fsp3) is 0.316. The molecule has 0 aromatic heterocycles. The van der Waals surface area contributed by atoms with Crippen LogP contribution in [0.1, 0.15) is 15.9 Å². The number of nitrogens with one attached hydrogen (secondary N) is 1. The molecule has 0 saturated carbocycles. The monoisotopic (exact) mass is 426 g/mol. The number of methoxy groups -OCH3 is 1. The molecule has 0 unspecified atom stereocenters. The second kappa shape index (κ2) is 8.64. The fourth-order valence-electron chi connectivity index (χ4n) is 3.11. The summed E-state index contributed by atoms with van der Waals surface area (Å²) in [5.74, 6) is -1.12. The molecule has 3 rings (SSSR count). The van der Waals surface area contributed by atoms with Crippen LogP contribution in [0.25, 0.3) is 0 Å². The van der Waals surface area contributed by atoms with E-state index >= 15 is 0 Å². The van der Waals surface area contributed by atoms with Gasteiger partial charge in [-0.15, -0.1) is 0 Å². The number of alkyl halides is 2. The summed E-state index contributed by atoms with van der Waals surface area (Å²) in [5, 5.41) is 2.49. The lowest BCUT2D eigenvalue weighted by atomic mass is 10.2. The van der Waals surface area contributed by atoms with E-state index in [0.717, 1.165) is 11.6 Å². The SMILES string of the molecule is COc1ccc(C(=O)NCCS(=O)(=O)N2CCc3ccccc32)cc1OC(F)F. The molecule has 1 aliphatic rings. The molecule has 29 heavy (non-hydrogen) atoms. The van der Waals surface area contributed by atoms with E-state index in [0.29, 0.717) is 18.7 Å². The van der Waals surface area contributed by atoms with Crippen LogP contribution >= 0.6 is 0 Å². The number of para-hydroxylation sites is 1. The van der Waals surface area contributed by atoms with E-state index in [2.05, 4.69) is 10.1 Å². The molecule has 10 heteroatoms. The van der Waals surface area contributed by atoms with E-state index in [9.17, 15) is 22.0 Å². The number of nitrogens with zero attached hydrogens (tertiary/aromatic N) is 1. The van der Waals surface area contributed by atoms with Gasteiger partial charge in [-0.25, -0.2) is 8.42 Å². The van der Waals surface area contributed by atoms with E-state index < -0.39 is 22.5 Å². The van der Waals surface area contributed by atoms with Gasteiger partial charge < -0.3 is 14.8 Å². The number of rotatable bonds is 8. The third-order valence-electron chi connectivity index (χ3n) is 4.47. The van der Waals surface area contributed by atoms with Crippen molar-refractivity contribution in [1.29, 1.82) is 0 Å². The zero-order valence-electron chi connectivity index (χ0n) is 15.6. The summed E-state index contributed by atoms with van der Waals surface area (Å²) in [6.45, 7) is -2.84. The zero-order valence-corrected chi connectivity index (χ0v) is 16.4. The average Bonchev–Trinajstić information content (AvgIpc) is 3.12. The van der Waals surface area contributed by atoms with Crippen LogP contribution in [0.15, 0.2) is 42.5 Å². The molecule has 1 aliphatic heterocycles. The maximum absolute atomic E-state index is 12.6. The molecule has 0 saturated heterocycles. The molecule has 0 fully saturated rings. The van der Waals surface area contributed by atoms with Gasteiger partial charge in [0.2, 0.25) is 10.0 Å². The van der Waals surface area contributed by atoms with Gasteiger partial charge in [-0.2, -0.15) is 8.78 Å². The third kappa shape index (κ3) is 4.76. The lowest BCUT2D eigenvalue weighted by Gasteiger charge is -2.19. The number of hydrogen-bond donors (Lipinski definition) is 1. The molecule has 0 spiro atoms. The minimum absolute atomic E-state index is 0.0466. The maximum atomic E-state index is 12.6. The van der Waals surface area contributed by atoms with Crippen molar-refractivity contribution in [3.8, 4) is 11.5 Å². The Hall–Kier alpha value is -2.88. The highest BCUT2D eigenvalue weighted by atomic mass is 32.2. The molecule has 0 radical (unpaired) electrons. The first-order valence-corrected chi connectivity index (χ1v) is 10.4. The van der Waals surface area contributed by atoms with Crippen molar-refractivity contribution < 1.29 is 31.5 Å². The standard InChI is InChI=1S/C19H20F2N2O5S/c1-27-16-7-6-14(12-17(16)28-19(20)21)18(24)22-9-11-29(25,26)23-10-8-13-4-2-3-5-15(13)23/h2-7,12,19H,8-11H2,1H3,(H,22,24). The summed E-state index contributed by atoms with van der Waals surface area (Å²) >= 11 is 0. The molecule has 0 atom stereocenters. The number of hydrogen-bond acceptors (Lipinski definition) is 5. The molecule has 1 heterocycles. The molecular weight excluding hydrogens is 406 g/mol. The first-order valence-electron chi connectivity index (χ1n) is 8.81. The van der Waals surface area contributed by atoms with Gasteiger partial charge in [-0.1, -0.05) is 18.2 Å². The second-order valence-electron chi connectivity index (χ2n) is 6.27. The van der Waals surface area contributed by atoms with Crippen molar-refractivity contribution in [1.82, 2.24) is 5.32 Å². The van der Waals surface area contributed by atoms with Gasteiger partial charge in [-0.3, -0.25) is 9.10 Å². The van der Waals surface area contributed by atoms with Crippen molar-refractivity contribution in [2.45, 2.75) is 13.0 Å². The summed E-state index contributed by atoms with van der Waals surface area (Å²) in [4.78, 5) is 12.3. The molecule has 2 aromatic rings. The highest BCUT2D eigenvalue weighted by Gasteiger charge is 2.28. The van der Waals surface area contributed by atoms with Crippen LogP contribution in [0, 0.1) is 0 Å². The Labute approximate surface area is 167 Å². The smallest absolute Gasteiger partial charge is 0.387 e. The van der Waals surface area contributed by atoms with Gasteiger partial charge in [0.1, 0.15) is 0 Å². The number of halogens is 2. The van der Waals surface area contributed by atoms with Gasteiger partial charge in [0.15, 0.2) is 11.5 Å². The molecule has 1 N–H and O–H groups in total. The van der Waals surface area contributed by atoms with Crippen LogP contribution in [0.2, 0.25) is 0 Å². The predicted octanol–water partition coefficient (Wildman–Crippen LogP) is 2.42. The van der Waals surface area contributed by atoms with E-state index in [1.165, 1.54) is 23.5 Å². The van der Waals surface area contributed by atoms with E-state index in [-0.39, 0.29) is 29.4 Å². The van der Waals surface area contributed by atoms with Gasteiger partial charge in [0, 0.05) is 18.7 Å². The van der Waals surface area contributed by atoms with E-state index in [1.807, 2.05) is 12.1 Å². The fourth-order valence-corrected chi connectivity index (χ4v) is 4.54. The van der Waals surface area contributed by atoms with Crippen molar-refractivity contribution in [3.05, 3.63) is 53.6 Å². The highest BCUT2D eigenvalue weighted by Crippen LogP contribution is 2.30. The summed E-state index contributed by atoms with van der Waals surface area (Å²) < 4.78 is 60.9. The quantitative estimate of drug-likeness (QED) is 0.701. The summed E-state index contributed by atoms with van der Waals surface area (Å²) in [6, 6.07) is 11.1. The summed E-state index contributed by atoms with van der Waals surface area (Å²) in [6.07, 6.45) is 0.639. The van der Waals surface area contributed by atoms with Crippen LogP contribution in [0.3, 0.4) is 0 Å². The Bertz CT molecular complexity index is 998. The number of ether oxygens (including phenoxy) is 2. The lowest BCUT2D eigenvalue weighted by Crippen LogP contribution is -2.37. The van der Waals surface area contributed by atoms with Gasteiger partial charge in [-0.05, 0) is 36.2 Å². The number of benzene rings is 2. The van der Waals surface area contributed by atoms with Crippen molar-refractivity contribution in [3.63, 3.8) is 0 Å². The van der Waals surface area contributed by atoms with Crippen LogP contribution in [-0.2, 0) is 16.4 Å². The highest BCUT2D eigenvalue weighted by molar-refractivity contribution is 7.92. The molecule has 7 nitrogen and oxygen atoms in total. The van der Waals surface area contributed by atoms with Crippen molar-refractivity contribution >= 4 is 21.6 Å². The molecular formula is C19H20F2N2O5S. The number of anilines is 1. The molecule has 156 valence electrons. The average molecular weight is 426 g/mol. The van der Waals surface area contributed by atoms with E-state index in [4.69, 9.17) is 4.74 Å². The van der Waals surface area contributed by atoms with Gasteiger partial charge in [0.25, 0.3) is 5.91 Å². The summed E-state index contributed by atoms with van der Waals surface area (Å²) in [5.41, 5.74) is 1.66. The zero-order chi connectivity index (χ0) is 21.0. The number of carbonyl (C=O) groups is 1. The van der Waals surface area contributed by atoms with Crippen LogP contribution < -0.4 is 19.1 Å². The van der Waals surface area contributed by atoms with Crippen LogP contribution in [-0.4, -0.2) is 46.9 Å². The largest absolute Gasteiger partial charge is 0.493 e. The Morgan fingerprint density at radius 2 is 1.97 bits per heavy atom. The Morgan fingerprint density at radius 3 is 2.69 bits per heavy atom. The Balaban J connectivity index is 1.63. The molecule has 2 aromatic carbocycles. The number of amides is 1. The molecule has 0 aliphatic carbocycles. The van der Waals surface area contributed by atoms with Crippen molar-refractivity contribution in [2.75, 3.05) is 30.3 Å². The van der Waals surface area contributed by atoms with Gasteiger partial charge >= 0.3 is 6.61 Å². The molecule has 0 bridgehead atoms. The number of carbonyl (C=O) groups excluding carboxylic acids is 1. The minimum Gasteiger partial charge on any atom is -0.493 e. The van der Waals surface area contributed by atoms with Crippen LogP contribution in [0.4, 0.5) is 14.5 Å². The first-order chi connectivity index (χ1) is 13.8. The second-order valence-corrected chi connectivity index (χ2v) is 8.28. The molecule has 1 amide bonds. The number of sulfonamides is 1. The summed E-state index contributed by atoms with van der Waals surface area (Å²) in [7, 11) is -2.32. The Morgan fingerprint density at radius 1 is 1.21 bits per heavy atom. The van der Waals surface area contributed by atoms with Gasteiger partial charge in [0.05, 0.1) is 18.6 Å². The lowest BCUT2D eigenvalue weighted by molar-refractivity contribution is -0.0512. The third-order valence-corrected chi connectivity index (χ3v) is 6.24. The number of fused-ring (bicyclic) bond motifs is 1. The van der Waals surface area contributed by atoms with Crippen molar-refractivity contribution in [2.24, 2.45) is 0 Å². The topological polar surface area (TPSA) is 84.9 Å².